The van der Waals surface area contributed by atoms with E-state index in [4.69, 9.17) is 0 Å². The number of rotatable bonds is 2. The Morgan fingerprint density at radius 2 is 0.909 bits per heavy atom. The third kappa shape index (κ3) is 3.34. The first-order chi connectivity index (χ1) is 10.4. The second-order valence-electron chi connectivity index (χ2n) is 5.39. The lowest BCUT2D eigenvalue weighted by molar-refractivity contribution is 0.0186. The number of carbonyl (C=O) groups is 2. The van der Waals surface area contributed by atoms with Crippen LogP contribution in [0.5, 0.6) is 0 Å². The summed E-state index contributed by atoms with van der Waals surface area (Å²) in [4.78, 5) is 24.8. The zero-order valence-electron chi connectivity index (χ0n) is 13.3. The van der Waals surface area contributed by atoms with Gasteiger partial charge in [-0.2, -0.15) is 0 Å². The number of hydrogen-bond acceptors (Lipinski definition) is 2. The highest BCUT2D eigenvalue weighted by molar-refractivity contribution is 5.98. The molecule has 2 aromatic rings. The second kappa shape index (κ2) is 6.43. The molecule has 114 valence electrons. The maximum atomic E-state index is 12.4. The van der Waals surface area contributed by atoms with Crippen LogP contribution in [0.15, 0.2) is 48.5 Å². The molecule has 2 aromatic carbocycles. The Bertz CT molecular complexity index is 614. The molecule has 0 heterocycles. The van der Waals surface area contributed by atoms with Crippen LogP contribution in [0.3, 0.4) is 0 Å². The van der Waals surface area contributed by atoms with Crippen LogP contribution < -0.4 is 0 Å². The van der Waals surface area contributed by atoms with Crippen molar-refractivity contribution >= 4 is 11.8 Å². The molecule has 0 radical (unpaired) electrons. The van der Waals surface area contributed by atoms with Crippen LogP contribution in [0.4, 0.5) is 0 Å². The number of amides is 2. The molecule has 0 N–H and O–H groups in total. The van der Waals surface area contributed by atoms with Gasteiger partial charge in [0.05, 0.1) is 0 Å². The van der Waals surface area contributed by atoms with Crippen molar-refractivity contribution in [3.8, 4) is 0 Å². The minimum absolute atomic E-state index is 0.219. The van der Waals surface area contributed by atoms with E-state index in [1.807, 2.05) is 38.1 Å². The highest BCUT2D eigenvalue weighted by Crippen LogP contribution is 2.11. The Balaban J connectivity index is 2.15. The van der Waals surface area contributed by atoms with E-state index in [-0.39, 0.29) is 11.8 Å². The minimum atomic E-state index is -0.219. The number of benzene rings is 2. The Hall–Kier alpha value is -2.62. The van der Waals surface area contributed by atoms with Crippen LogP contribution in [0.25, 0.3) is 0 Å². The van der Waals surface area contributed by atoms with Gasteiger partial charge in [0, 0.05) is 25.2 Å². The molecule has 2 rings (SSSR count). The van der Waals surface area contributed by atoms with Gasteiger partial charge >= 0.3 is 0 Å². The van der Waals surface area contributed by atoms with Gasteiger partial charge in [-0.1, -0.05) is 35.4 Å². The summed E-state index contributed by atoms with van der Waals surface area (Å²) in [7, 11) is 3.18. The highest BCUT2D eigenvalue weighted by atomic mass is 16.2. The van der Waals surface area contributed by atoms with Crippen molar-refractivity contribution in [3.05, 3.63) is 70.8 Å². The lowest BCUT2D eigenvalue weighted by Gasteiger charge is -2.28. The average Bonchev–Trinajstić information content (AvgIpc) is 2.53. The lowest BCUT2D eigenvalue weighted by atomic mass is 10.1. The monoisotopic (exact) mass is 296 g/mol. The maximum absolute atomic E-state index is 12.4. The standard InChI is InChI=1S/C18H20N2O2/c1-13-5-9-15(10-6-13)17(21)19(3)20(4)18(22)16-11-7-14(2)8-12-16/h5-12H,1-4H3. The van der Waals surface area contributed by atoms with Crippen molar-refractivity contribution in [1.82, 2.24) is 10.0 Å². The summed E-state index contributed by atoms with van der Waals surface area (Å²) in [6.07, 6.45) is 0. The summed E-state index contributed by atoms with van der Waals surface area (Å²) in [5.74, 6) is -0.439. The second-order valence-corrected chi connectivity index (χ2v) is 5.39. The fraction of sp³-hybridized carbons (Fsp3) is 0.222. The first kappa shape index (κ1) is 15.8. The van der Waals surface area contributed by atoms with Crippen molar-refractivity contribution < 1.29 is 9.59 Å². The molecule has 0 aliphatic carbocycles. The molecular weight excluding hydrogens is 276 g/mol. The van der Waals surface area contributed by atoms with Crippen LogP contribution in [0.2, 0.25) is 0 Å². The van der Waals surface area contributed by atoms with Crippen molar-refractivity contribution in [2.45, 2.75) is 13.8 Å². The van der Waals surface area contributed by atoms with Crippen LogP contribution in [0.1, 0.15) is 31.8 Å². The molecule has 0 bridgehead atoms. The highest BCUT2D eigenvalue weighted by Gasteiger charge is 2.21. The van der Waals surface area contributed by atoms with Gasteiger partial charge in [0.15, 0.2) is 0 Å². The van der Waals surface area contributed by atoms with Gasteiger partial charge in [0.25, 0.3) is 11.8 Å². The molecule has 22 heavy (non-hydrogen) atoms. The van der Waals surface area contributed by atoms with E-state index in [2.05, 4.69) is 0 Å². The van der Waals surface area contributed by atoms with Crippen LogP contribution in [-0.4, -0.2) is 35.9 Å². The molecule has 0 fully saturated rings. The third-order valence-electron chi connectivity index (χ3n) is 3.63. The molecule has 4 nitrogen and oxygen atoms in total. The van der Waals surface area contributed by atoms with E-state index < -0.39 is 0 Å². The Kier molecular flexibility index (Phi) is 4.61. The Morgan fingerprint density at radius 3 is 1.18 bits per heavy atom. The maximum Gasteiger partial charge on any atom is 0.272 e. The Labute approximate surface area is 130 Å². The molecule has 0 aromatic heterocycles. The summed E-state index contributed by atoms with van der Waals surface area (Å²) in [6, 6.07) is 14.6. The summed E-state index contributed by atoms with van der Waals surface area (Å²) in [5, 5.41) is 2.65. The molecular formula is C18H20N2O2. The zero-order chi connectivity index (χ0) is 16.3. The topological polar surface area (TPSA) is 40.6 Å². The molecule has 0 spiro atoms. The molecule has 0 saturated heterocycles. The summed E-state index contributed by atoms with van der Waals surface area (Å²) in [5.41, 5.74) is 3.28. The quantitative estimate of drug-likeness (QED) is 0.799. The van der Waals surface area contributed by atoms with Gasteiger partial charge in [-0.25, -0.2) is 0 Å². The van der Waals surface area contributed by atoms with E-state index in [0.717, 1.165) is 11.1 Å². The van der Waals surface area contributed by atoms with Gasteiger partial charge in [-0.3, -0.25) is 19.6 Å². The number of hydrogen-bond donors (Lipinski definition) is 0. The van der Waals surface area contributed by atoms with E-state index in [9.17, 15) is 9.59 Å². The van der Waals surface area contributed by atoms with Gasteiger partial charge in [-0.05, 0) is 38.1 Å². The van der Waals surface area contributed by atoms with Crippen molar-refractivity contribution in [3.63, 3.8) is 0 Å². The zero-order valence-corrected chi connectivity index (χ0v) is 13.3. The van der Waals surface area contributed by atoms with E-state index >= 15 is 0 Å². The van der Waals surface area contributed by atoms with Crippen molar-refractivity contribution in [2.24, 2.45) is 0 Å². The normalized spacial score (nSPS) is 10.2. The fourth-order valence-corrected chi connectivity index (χ4v) is 2.04. The number of nitrogens with zero attached hydrogens (tertiary/aromatic N) is 2. The van der Waals surface area contributed by atoms with Crippen LogP contribution in [-0.2, 0) is 0 Å². The number of aryl methyl sites for hydroxylation is 2. The van der Waals surface area contributed by atoms with Crippen molar-refractivity contribution in [1.29, 1.82) is 0 Å². The minimum Gasteiger partial charge on any atom is -0.267 e. The molecule has 0 aliphatic rings. The predicted molar refractivity (Wildman–Crippen MR) is 86.5 cm³/mol. The lowest BCUT2D eigenvalue weighted by Crippen LogP contribution is -2.44. The van der Waals surface area contributed by atoms with E-state index in [1.165, 1.54) is 10.0 Å². The molecule has 0 aliphatic heterocycles. The largest absolute Gasteiger partial charge is 0.272 e. The van der Waals surface area contributed by atoms with Crippen LogP contribution >= 0.6 is 0 Å². The van der Waals surface area contributed by atoms with Crippen LogP contribution in [0, 0.1) is 13.8 Å². The number of carbonyl (C=O) groups excluding carboxylic acids is 2. The third-order valence-corrected chi connectivity index (χ3v) is 3.63. The fourth-order valence-electron chi connectivity index (χ4n) is 2.04. The first-order valence-corrected chi connectivity index (χ1v) is 7.09. The summed E-state index contributed by atoms with van der Waals surface area (Å²) < 4.78 is 0. The summed E-state index contributed by atoms with van der Waals surface area (Å²) in [6.45, 7) is 3.93. The predicted octanol–water partition coefficient (Wildman–Crippen LogP) is 3.06. The van der Waals surface area contributed by atoms with Gasteiger partial charge in [0.1, 0.15) is 0 Å². The van der Waals surface area contributed by atoms with E-state index in [0.29, 0.717) is 11.1 Å². The molecule has 0 saturated carbocycles. The van der Waals surface area contributed by atoms with Gasteiger partial charge in [0.2, 0.25) is 0 Å². The molecule has 4 heteroatoms. The molecule has 0 unspecified atom stereocenters. The van der Waals surface area contributed by atoms with Gasteiger partial charge < -0.3 is 0 Å². The molecule has 0 atom stereocenters. The first-order valence-electron chi connectivity index (χ1n) is 7.09. The number of hydrazine groups is 1. The Morgan fingerprint density at radius 1 is 0.636 bits per heavy atom. The van der Waals surface area contributed by atoms with Gasteiger partial charge in [-0.15, -0.1) is 0 Å². The smallest absolute Gasteiger partial charge is 0.267 e. The average molecular weight is 296 g/mol. The summed E-state index contributed by atoms with van der Waals surface area (Å²) >= 11 is 0. The molecule has 2 amide bonds. The van der Waals surface area contributed by atoms with E-state index in [1.54, 1.807) is 38.4 Å². The SMILES string of the molecule is Cc1ccc(C(=O)N(C)N(C)C(=O)c2ccc(C)cc2)cc1. The van der Waals surface area contributed by atoms with Crippen molar-refractivity contribution in [2.75, 3.05) is 14.1 Å².